The smallest absolute Gasteiger partial charge is 0.350 e. The van der Waals surface area contributed by atoms with Crippen molar-refractivity contribution in [2.24, 2.45) is 0 Å². The predicted molar refractivity (Wildman–Crippen MR) is 143 cm³/mol. The Morgan fingerprint density at radius 3 is 2.55 bits per heavy atom. The van der Waals surface area contributed by atoms with Gasteiger partial charge in [-0.15, -0.1) is 0 Å². The number of ether oxygens (including phenoxy) is 3. The minimum Gasteiger partial charge on any atom is -0.507 e. The summed E-state index contributed by atoms with van der Waals surface area (Å²) in [5.41, 5.74) is 1.08. The van der Waals surface area contributed by atoms with Gasteiger partial charge < -0.3 is 19.3 Å². The summed E-state index contributed by atoms with van der Waals surface area (Å²) in [6.07, 6.45) is 1.60. The average molecular weight is 535 g/mol. The molecule has 2 aromatic carbocycles. The molecule has 0 saturated carbocycles. The molecule has 1 aromatic heterocycles. The topological polar surface area (TPSA) is 115 Å². The van der Waals surface area contributed by atoms with E-state index < -0.39 is 23.7 Å². The zero-order chi connectivity index (χ0) is 27.4. The Labute approximate surface area is 223 Å². The van der Waals surface area contributed by atoms with Gasteiger partial charge >= 0.3 is 11.9 Å². The highest BCUT2D eigenvalue weighted by Gasteiger charge is 2.48. The molecule has 3 aromatic rings. The van der Waals surface area contributed by atoms with Crippen LogP contribution in [0.4, 0.5) is 5.13 Å². The molecule has 38 heavy (non-hydrogen) atoms. The average Bonchev–Trinajstić information content (AvgIpc) is 3.44. The Kier molecular flexibility index (Phi) is 7.92. The second-order valence-electron chi connectivity index (χ2n) is 8.18. The first-order chi connectivity index (χ1) is 18.3. The number of hydrogen-bond donors (Lipinski definition) is 1. The number of aryl methyl sites for hydroxylation is 1. The minimum absolute atomic E-state index is 0.115. The van der Waals surface area contributed by atoms with E-state index in [-0.39, 0.29) is 27.9 Å². The number of aromatic nitrogens is 1. The first kappa shape index (κ1) is 26.6. The number of carbonyl (C=O) groups excluding carboxylic acids is 3. The number of benzene rings is 2. The van der Waals surface area contributed by atoms with E-state index in [4.69, 9.17) is 14.2 Å². The van der Waals surface area contributed by atoms with Crippen molar-refractivity contribution in [2.45, 2.75) is 19.9 Å². The number of Topliss-reactive ketones (excluding diaryl/α,β-unsaturated/α-hetero) is 1. The highest BCUT2D eigenvalue weighted by Crippen LogP contribution is 2.45. The van der Waals surface area contributed by atoms with E-state index in [0.29, 0.717) is 34.9 Å². The Morgan fingerprint density at radius 2 is 1.89 bits per heavy atom. The Bertz CT molecular complexity index is 1430. The first-order valence-corrected chi connectivity index (χ1v) is 12.6. The van der Waals surface area contributed by atoms with Crippen LogP contribution in [0, 0.1) is 6.92 Å². The van der Waals surface area contributed by atoms with Gasteiger partial charge in [-0.25, -0.2) is 9.78 Å². The van der Waals surface area contributed by atoms with Crippen LogP contribution in [0.15, 0.2) is 66.8 Å². The SMILES string of the molecule is C=CCOc1ccc(C2C(=C(O)c3ccccc3)C(=O)C(=O)N2c2nc(C)c(C(=O)OC)s2)cc1OCC. The highest BCUT2D eigenvalue weighted by molar-refractivity contribution is 7.17. The fourth-order valence-corrected chi connectivity index (χ4v) is 5.11. The molecular formula is C28H26N2O7S. The van der Waals surface area contributed by atoms with Crippen molar-refractivity contribution >= 4 is 39.9 Å². The van der Waals surface area contributed by atoms with Crippen molar-refractivity contribution in [3.8, 4) is 11.5 Å². The molecule has 0 aliphatic carbocycles. The minimum atomic E-state index is -1.06. The molecular weight excluding hydrogens is 508 g/mol. The van der Waals surface area contributed by atoms with E-state index in [0.717, 1.165) is 11.3 Å². The lowest BCUT2D eigenvalue weighted by molar-refractivity contribution is -0.132. The molecule has 2 heterocycles. The van der Waals surface area contributed by atoms with Gasteiger partial charge in [0.25, 0.3) is 5.78 Å². The van der Waals surface area contributed by atoms with E-state index >= 15 is 0 Å². The summed E-state index contributed by atoms with van der Waals surface area (Å²) in [6.45, 7) is 7.68. The van der Waals surface area contributed by atoms with Crippen LogP contribution < -0.4 is 14.4 Å². The van der Waals surface area contributed by atoms with Crippen LogP contribution in [-0.4, -0.2) is 48.1 Å². The standard InChI is InChI=1S/C28H26N2O7S/c1-5-14-37-19-13-12-18(15-20(19)36-6-2)22-21(23(31)17-10-8-7-9-11-17)24(32)26(33)30(22)28-29-16(3)25(38-28)27(34)35-4/h5,7-13,15,22,31H,1,6,14H2,2-4H3. The maximum Gasteiger partial charge on any atom is 0.350 e. The van der Waals surface area contributed by atoms with Gasteiger partial charge in [-0.1, -0.05) is 60.4 Å². The molecule has 4 rings (SSSR count). The molecule has 10 heteroatoms. The van der Waals surface area contributed by atoms with Crippen molar-refractivity contribution in [3.63, 3.8) is 0 Å². The summed E-state index contributed by atoms with van der Waals surface area (Å²) in [5.74, 6) is -1.86. The van der Waals surface area contributed by atoms with Gasteiger partial charge in [0, 0.05) is 5.56 Å². The van der Waals surface area contributed by atoms with Gasteiger partial charge in [0.05, 0.1) is 31.0 Å². The summed E-state index contributed by atoms with van der Waals surface area (Å²) in [5, 5.41) is 11.4. The number of rotatable bonds is 9. The van der Waals surface area contributed by atoms with Crippen LogP contribution in [0.3, 0.4) is 0 Å². The normalized spacial score (nSPS) is 16.4. The van der Waals surface area contributed by atoms with Gasteiger partial charge in [-0.05, 0) is 31.5 Å². The molecule has 1 fully saturated rings. The van der Waals surface area contributed by atoms with Crippen molar-refractivity contribution in [1.29, 1.82) is 0 Å². The number of aliphatic hydroxyl groups excluding tert-OH is 1. The Morgan fingerprint density at radius 1 is 1.16 bits per heavy atom. The van der Waals surface area contributed by atoms with Crippen LogP contribution in [0.1, 0.15) is 39.5 Å². The quantitative estimate of drug-likeness (QED) is 0.137. The zero-order valence-electron chi connectivity index (χ0n) is 21.1. The second kappa shape index (κ2) is 11.3. The Balaban J connectivity index is 1.94. The number of thiazole rings is 1. The van der Waals surface area contributed by atoms with E-state index in [9.17, 15) is 19.5 Å². The third-order valence-corrected chi connectivity index (χ3v) is 6.93. The van der Waals surface area contributed by atoms with Crippen LogP contribution in [0.5, 0.6) is 11.5 Å². The van der Waals surface area contributed by atoms with Gasteiger partial charge in [0.1, 0.15) is 17.2 Å². The van der Waals surface area contributed by atoms with Crippen LogP contribution >= 0.6 is 11.3 Å². The largest absolute Gasteiger partial charge is 0.507 e. The monoisotopic (exact) mass is 534 g/mol. The fourth-order valence-electron chi connectivity index (χ4n) is 4.10. The highest BCUT2D eigenvalue weighted by atomic mass is 32.1. The lowest BCUT2D eigenvalue weighted by Gasteiger charge is -2.24. The van der Waals surface area contributed by atoms with E-state index in [2.05, 4.69) is 11.6 Å². The van der Waals surface area contributed by atoms with E-state index in [1.165, 1.54) is 12.0 Å². The molecule has 1 saturated heterocycles. The van der Waals surface area contributed by atoms with Gasteiger partial charge in [-0.3, -0.25) is 14.5 Å². The van der Waals surface area contributed by atoms with Crippen molar-refractivity contribution < 1.29 is 33.7 Å². The maximum absolute atomic E-state index is 13.4. The molecule has 1 unspecified atom stereocenters. The molecule has 1 aliphatic rings. The number of esters is 1. The van der Waals surface area contributed by atoms with Crippen LogP contribution in [0.25, 0.3) is 5.76 Å². The molecule has 1 amide bonds. The number of carbonyl (C=O) groups is 3. The van der Waals surface area contributed by atoms with E-state index in [1.54, 1.807) is 61.5 Å². The van der Waals surface area contributed by atoms with Gasteiger partial charge in [0.15, 0.2) is 16.6 Å². The molecule has 1 aliphatic heterocycles. The molecule has 9 nitrogen and oxygen atoms in total. The molecule has 1 N–H and O–H groups in total. The molecule has 0 radical (unpaired) electrons. The predicted octanol–water partition coefficient (Wildman–Crippen LogP) is 4.83. The van der Waals surface area contributed by atoms with E-state index in [1.807, 2.05) is 6.92 Å². The lowest BCUT2D eigenvalue weighted by Crippen LogP contribution is -2.29. The molecule has 1 atom stereocenters. The van der Waals surface area contributed by atoms with Crippen LogP contribution in [0.2, 0.25) is 0 Å². The Hall–Kier alpha value is -4.44. The zero-order valence-corrected chi connectivity index (χ0v) is 21.9. The molecule has 0 bridgehead atoms. The molecule has 0 spiro atoms. The summed E-state index contributed by atoms with van der Waals surface area (Å²) >= 11 is 0.928. The van der Waals surface area contributed by atoms with Gasteiger partial charge in [0.2, 0.25) is 0 Å². The number of methoxy groups -OCH3 is 1. The third-order valence-electron chi connectivity index (χ3n) is 5.79. The second-order valence-corrected chi connectivity index (χ2v) is 9.15. The van der Waals surface area contributed by atoms with Gasteiger partial charge in [-0.2, -0.15) is 0 Å². The maximum atomic E-state index is 13.4. The summed E-state index contributed by atoms with van der Waals surface area (Å²) < 4.78 is 16.3. The number of ketones is 1. The third kappa shape index (κ3) is 4.90. The number of aliphatic hydroxyl groups is 1. The summed E-state index contributed by atoms with van der Waals surface area (Å²) in [7, 11) is 1.25. The number of nitrogens with zero attached hydrogens (tertiary/aromatic N) is 2. The lowest BCUT2D eigenvalue weighted by atomic mass is 9.95. The summed E-state index contributed by atoms with van der Waals surface area (Å²) in [6, 6.07) is 12.4. The summed E-state index contributed by atoms with van der Waals surface area (Å²) in [4.78, 5) is 44.9. The van der Waals surface area contributed by atoms with Crippen molar-refractivity contribution in [3.05, 3.63) is 88.5 Å². The van der Waals surface area contributed by atoms with Crippen LogP contribution in [-0.2, 0) is 14.3 Å². The number of amides is 1. The molecule has 196 valence electrons. The first-order valence-electron chi connectivity index (χ1n) is 11.7. The van der Waals surface area contributed by atoms with Crippen molar-refractivity contribution in [2.75, 3.05) is 25.2 Å². The fraction of sp³-hybridized carbons (Fsp3) is 0.214. The van der Waals surface area contributed by atoms with Crippen molar-refractivity contribution in [1.82, 2.24) is 4.98 Å². The number of hydrogen-bond acceptors (Lipinski definition) is 9. The number of anilines is 1.